The van der Waals surface area contributed by atoms with Gasteiger partial charge in [-0.25, -0.2) is 15.0 Å². The van der Waals surface area contributed by atoms with E-state index in [0.717, 1.165) is 11.3 Å². The summed E-state index contributed by atoms with van der Waals surface area (Å²) in [5, 5.41) is 0. The first-order chi connectivity index (χ1) is 8.81. The first-order valence-corrected chi connectivity index (χ1v) is 5.59. The zero-order chi connectivity index (χ0) is 12.8. The fraction of sp³-hybridized carbons (Fsp3) is 0.231. The van der Waals surface area contributed by atoms with Gasteiger partial charge < -0.3 is 4.74 Å². The molecule has 1 unspecified atom stereocenters. The Bertz CT molecular complexity index is 528. The van der Waals surface area contributed by atoms with Gasteiger partial charge in [-0.15, -0.1) is 0 Å². The maximum atomic E-state index is 5.30. The molecule has 0 aliphatic heterocycles. The second kappa shape index (κ2) is 5.86. The Morgan fingerprint density at radius 2 is 1.94 bits per heavy atom. The molecule has 0 amide bonds. The molecule has 0 fully saturated rings. The first kappa shape index (κ1) is 12.2. The summed E-state index contributed by atoms with van der Waals surface area (Å²) in [6, 6.07) is 7.80. The number of benzene rings is 1. The summed E-state index contributed by atoms with van der Waals surface area (Å²) in [5.41, 5.74) is 1.03. The molecular weight excluding hydrogens is 228 g/mol. The van der Waals surface area contributed by atoms with Crippen molar-refractivity contribution in [3.05, 3.63) is 48.3 Å². The molecule has 2 rings (SSSR count). The van der Waals surface area contributed by atoms with Gasteiger partial charge in [0.15, 0.2) is 5.82 Å². The van der Waals surface area contributed by atoms with Gasteiger partial charge in [0.1, 0.15) is 18.4 Å². The van der Waals surface area contributed by atoms with Gasteiger partial charge in [0, 0.05) is 5.56 Å². The molecule has 0 saturated carbocycles. The molecule has 1 heterocycles. The molecule has 0 N–H and O–H groups in total. The summed E-state index contributed by atoms with van der Waals surface area (Å²) in [6.07, 6.45) is 4.53. The zero-order valence-electron chi connectivity index (χ0n) is 10.3. The minimum atomic E-state index is -0.0158. The summed E-state index contributed by atoms with van der Waals surface area (Å²) in [7, 11) is 1.65. The van der Waals surface area contributed by atoms with E-state index in [1.54, 1.807) is 13.3 Å². The number of ether oxygens (including phenoxy) is 1. The Morgan fingerprint density at radius 3 is 2.67 bits per heavy atom. The Balaban J connectivity index is 2.17. The van der Waals surface area contributed by atoms with Crippen molar-refractivity contribution in [3.8, 4) is 5.75 Å². The summed E-state index contributed by atoms with van der Waals surface area (Å²) in [5.74, 6) is 1.38. The van der Waals surface area contributed by atoms with Gasteiger partial charge in [-0.3, -0.25) is 4.99 Å². The van der Waals surface area contributed by atoms with Crippen molar-refractivity contribution in [1.82, 2.24) is 15.0 Å². The van der Waals surface area contributed by atoms with E-state index < -0.39 is 0 Å². The van der Waals surface area contributed by atoms with Gasteiger partial charge in [0.25, 0.3) is 0 Å². The van der Waals surface area contributed by atoms with Crippen LogP contribution in [0, 0.1) is 0 Å². The normalized spacial score (nSPS) is 12.6. The molecule has 1 atom stereocenters. The van der Waals surface area contributed by atoms with Crippen LogP contribution in [-0.2, 0) is 0 Å². The van der Waals surface area contributed by atoms with Gasteiger partial charge in [0.2, 0.25) is 0 Å². The number of methoxy groups -OCH3 is 1. The summed E-state index contributed by atoms with van der Waals surface area (Å²) in [4.78, 5) is 16.1. The third-order valence-corrected chi connectivity index (χ3v) is 2.52. The first-order valence-electron chi connectivity index (χ1n) is 5.59. The molecular formula is C13H14N4O. The lowest BCUT2D eigenvalue weighted by atomic mass is 10.1. The number of para-hydroxylation sites is 1. The highest BCUT2D eigenvalue weighted by Crippen LogP contribution is 2.26. The molecule has 0 spiro atoms. The average molecular weight is 242 g/mol. The number of nitrogens with zero attached hydrogens (tertiary/aromatic N) is 4. The fourth-order valence-electron chi connectivity index (χ4n) is 1.59. The van der Waals surface area contributed by atoms with E-state index in [1.165, 1.54) is 12.7 Å². The van der Waals surface area contributed by atoms with Crippen LogP contribution >= 0.6 is 0 Å². The van der Waals surface area contributed by atoms with E-state index in [0.29, 0.717) is 5.82 Å². The SMILES string of the molecule is COc1ccccc1C(C)N=Cc1ncncn1. The monoisotopic (exact) mass is 242 g/mol. The standard InChI is InChI=1S/C13H14N4O/c1-10(11-5-3-4-6-12(11)18-2)15-7-13-16-8-14-9-17-13/h3-10H,1-2H3. The maximum absolute atomic E-state index is 5.30. The summed E-state index contributed by atoms with van der Waals surface area (Å²) >= 11 is 0. The lowest BCUT2D eigenvalue weighted by Gasteiger charge is -2.11. The van der Waals surface area contributed by atoms with E-state index in [-0.39, 0.29) is 6.04 Å². The predicted molar refractivity (Wildman–Crippen MR) is 68.8 cm³/mol. The molecule has 1 aromatic heterocycles. The summed E-state index contributed by atoms with van der Waals surface area (Å²) in [6.45, 7) is 2.00. The fourth-order valence-corrected chi connectivity index (χ4v) is 1.59. The highest BCUT2D eigenvalue weighted by atomic mass is 16.5. The van der Waals surface area contributed by atoms with Crippen LogP contribution < -0.4 is 4.74 Å². The lowest BCUT2D eigenvalue weighted by Crippen LogP contribution is -1.98. The highest BCUT2D eigenvalue weighted by Gasteiger charge is 2.08. The van der Waals surface area contributed by atoms with Gasteiger partial charge in [0.05, 0.1) is 19.4 Å². The van der Waals surface area contributed by atoms with Crippen molar-refractivity contribution in [1.29, 1.82) is 0 Å². The van der Waals surface area contributed by atoms with Crippen molar-refractivity contribution >= 4 is 6.21 Å². The van der Waals surface area contributed by atoms with Crippen molar-refractivity contribution < 1.29 is 4.74 Å². The van der Waals surface area contributed by atoms with E-state index in [1.807, 2.05) is 31.2 Å². The van der Waals surface area contributed by atoms with E-state index >= 15 is 0 Å². The molecule has 5 heteroatoms. The second-order valence-corrected chi connectivity index (χ2v) is 3.69. The van der Waals surface area contributed by atoms with Crippen LogP contribution in [0.2, 0.25) is 0 Å². The van der Waals surface area contributed by atoms with E-state index in [2.05, 4.69) is 19.9 Å². The van der Waals surface area contributed by atoms with E-state index in [4.69, 9.17) is 4.74 Å². The van der Waals surface area contributed by atoms with Crippen LogP contribution in [0.25, 0.3) is 0 Å². The molecule has 5 nitrogen and oxygen atoms in total. The summed E-state index contributed by atoms with van der Waals surface area (Å²) < 4.78 is 5.30. The third-order valence-electron chi connectivity index (χ3n) is 2.52. The Morgan fingerprint density at radius 1 is 1.22 bits per heavy atom. The Kier molecular flexibility index (Phi) is 3.96. The second-order valence-electron chi connectivity index (χ2n) is 3.69. The van der Waals surface area contributed by atoms with Crippen LogP contribution in [0.15, 0.2) is 41.9 Å². The molecule has 0 saturated heterocycles. The zero-order valence-corrected chi connectivity index (χ0v) is 10.3. The minimum Gasteiger partial charge on any atom is -0.496 e. The molecule has 0 radical (unpaired) electrons. The van der Waals surface area contributed by atoms with Crippen LogP contribution in [0.5, 0.6) is 5.75 Å². The van der Waals surface area contributed by atoms with Crippen molar-refractivity contribution in [2.45, 2.75) is 13.0 Å². The molecule has 92 valence electrons. The molecule has 2 aromatic rings. The number of rotatable bonds is 4. The van der Waals surface area contributed by atoms with Crippen LogP contribution in [0.4, 0.5) is 0 Å². The van der Waals surface area contributed by atoms with Crippen LogP contribution in [0.3, 0.4) is 0 Å². The predicted octanol–water partition coefficient (Wildman–Crippen LogP) is 2.06. The number of hydrogen-bond acceptors (Lipinski definition) is 5. The quantitative estimate of drug-likeness (QED) is 0.770. The highest BCUT2D eigenvalue weighted by molar-refractivity contribution is 5.74. The maximum Gasteiger partial charge on any atom is 0.173 e. The molecule has 0 aliphatic rings. The molecule has 18 heavy (non-hydrogen) atoms. The topological polar surface area (TPSA) is 60.3 Å². The van der Waals surface area contributed by atoms with Gasteiger partial charge in [-0.1, -0.05) is 18.2 Å². The smallest absolute Gasteiger partial charge is 0.173 e. The lowest BCUT2D eigenvalue weighted by molar-refractivity contribution is 0.407. The van der Waals surface area contributed by atoms with Crippen LogP contribution in [0.1, 0.15) is 24.4 Å². The molecule has 0 bridgehead atoms. The average Bonchev–Trinajstić information content (AvgIpc) is 2.45. The number of aromatic nitrogens is 3. The van der Waals surface area contributed by atoms with Crippen molar-refractivity contribution in [3.63, 3.8) is 0 Å². The van der Waals surface area contributed by atoms with Gasteiger partial charge in [-0.2, -0.15) is 0 Å². The van der Waals surface area contributed by atoms with Gasteiger partial charge in [-0.05, 0) is 13.0 Å². The van der Waals surface area contributed by atoms with Gasteiger partial charge >= 0.3 is 0 Å². The Hall–Kier alpha value is -2.30. The van der Waals surface area contributed by atoms with Crippen molar-refractivity contribution in [2.75, 3.05) is 7.11 Å². The third kappa shape index (κ3) is 2.88. The Labute approximate surface area is 106 Å². The van der Waals surface area contributed by atoms with Crippen LogP contribution in [-0.4, -0.2) is 28.3 Å². The number of aliphatic imine (C=N–C) groups is 1. The van der Waals surface area contributed by atoms with E-state index in [9.17, 15) is 0 Å². The molecule has 1 aromatic carbocycles. The molecule has 0 aliphatic carbocycles. The number of hydrogen-bond donors (Lipinski definition) is 0. The largest absolute Gasteiger partial charge is 0.496 e. The van der Waals surface area contributed by atoms with Crippen molar-refractivity contribution in [2.24, 2.45) is 4.99 Å². The minimum absolute atomic E-state index is 0.0158.